The lowest BCUT2D eigenvalue weighted by atomic mass is 9.91. The molecule has 7 heteroatoms. The van der Waals surface area contributed by atoms with Gasteiger partial charge in [-0.05, 0) is 43.4 Å². The molecule has 7 nitrogen and oxygen atoms in total. The van der Waals surface area contributed by atoms with Crippen molar-refractivity contribution in [1.82, 2.24) is 14.7 Å². The fraction of sp³-hybridized carbons (Fsp3) is 0.438. The van der Waals surface area contributed by atoms with E-state index in [1.54, 1.807) is 4.90 Å². The summed E-state index contributed by atoms with van der Waals surface area (Å²) in [5.41, 5.74) is 1.21. The van der Waals surface area contributed by atoms with E-state index >= 15 is 0 Å². The highest BCUT2D eigenvalue weighted by molar-refractivity contribution is 5.93. The first kappa shape index (κ1) is 15.3. The van der Waals surface area contributed by atoms with Crippen LogP contribution >= 0.6 is 0 Å². The van der Waals surface area contributed by atoms with Gasteiger partial charge in [-0.15, -0.1) is 0 Å². The molecule has 0 spiro atoms. The van der Waals surface area contributed by atoms with E-state index in [9.17, 15) is 9.59 Å². The zero-order chi connectivity index (χ0) is 16.4. The molecule has 0 unspecified atom stereocenters. The number of likely N-dealkylation sites (tertiary alicyclic amines) is 1. The van der Waals surface area contributed by atoms with Gasteiger partial charge in [0.05, 0.1) is 6.20 Å². The Balaban J connectivity index is 1.61. The molecule has 1 saturated heterocycles. The zero-order valence-electron chi connectivity index (χ0n) is 12.9. The molecule has 122 valence electrons. The molecule has 1 amide bonds. The number of carbonyl (C=O) groups excluding carboxylic acids is 1. The standard InChI is InChI=1S/C16H19N3O4/c1-2-19-10-12(9-17-19)11-5-7-18(8-6-11)15(20)13-3-4-14(23-13)16(21)22/h3-4,9-11H,2,5-8H2,1H3,(H,21,22). The van der Waals surface area contributed by atoms with Gasteiger partial charge in [-0.25, -0.2) is 4.79 Å². The number of hydrogen-bond acceptors (Lipinski definition) is 4. The summed E-state index contributed by atoms with van der Waals surface area (Å²) in [5, 5.41) is 13.1. The van der Waals surface area contributed by atoms with Crippen LogP contribution in [0.4, 0.5) is 0 Å². The molecule has 0 aliphatic carbocycles. The van der Waals surface area contributed by atoms with Gasteiger partial charge in [0.1, 0.15) is 0 Å². The number of piperidine rings is 1. The molecule has 0 saturated carbocycles. The highest BCUT2D eigenvalue weighted by Crippen LogP contribution is 2.28. The van der Waals surface area contributed by atoms with Crippen LogP contribution in [0.1, 0.15) is 52.4 Å². The fourth-order valence-electron chi connectivity index (χ4n) is 2.90. The van der Waals surface area contributed by atoms with Crippen LogP contribution in [-0.2, 0) is 6.54 Å². The van der Waals surface area contributed by atoms with E-state index in [0.29, 0.717) is 19.0 Å². The minimum absolute atomic E-state index is 0.0830. The Labute approximate surface area is 133 Å². The van der Waals surface area contributed by atoms with Crippen molar-refractivity contribution in [1.29, 1.82) is 0 Å². The topological polar surface area (TPSA) is 88.6 Å². The smallest absolute Gasteiger partial charge is 0.371 e. The van der Waals surface area contributed by atoms with Gasteiger partial charge in [0.25, 0.3) is 5.91 Å². The number of furan rings is 1. The van der Waals surface area contributed by atoms with Gasteiger partial charge >= 0.3 is 5.97 Å². The first-order valence-electron chi connectivity index (χ1n) is 7.73. The van der Waals surface area contributed by atoms with Crippen molar-refractivity contribution in [2.24, 2.45) is 0 Å². The van der Waals surface area contributed by atoms with Crippen LogP contribution in [0.2, 0.25) is 0 Å². The number of carboxylic acid groups (broad SMARTS) is 1. The van der Waals surface area contributed by atoms with Crippen LogP contribution in [0.15, 0.2) is 28.9 Å². The second-order valence-electron chi connectivity index (χ2n) is 5.66. The fourth-order valence-corrected chi connectivity index (χ4v) is 2.90. The second-order valence-corrected chi connectivity index (χ2v) is 5.66. The molecule has 2 aromatic heterocycles. The average molecular weight is 317 g/mol. The van der Waals surface area contributed by atoms with Crippen LogP contribution in [0.3, 0.4) is 0 Å². The largest absolute Gasteiger partial charge is 0.475 e. The average Bonchev–Trinajstić information content (AvgIpc) is 3.23. The van der Waals surface area contributed by atoms with Gasteiger partial charge in [0, 0.05) is 25.8 Å². The van der Waals surface area contributed by atoms with Crippen LogP contribution in [0, 0.1) is 0 Å². The minimum Gasteiger partial charge on any atom is -0.475 e. The molecular formula is C16H19N3O4. The molecule has 1 N–H and O–H groups in total. The number of nitrogens with zero attached hydrogens (tertiary/aromatic N) is 3. The van der Waals surface area contributed by atoms with Crippen molar-refractivity contribution in [3.05, 3.63) is 41.6 Å². The molecule has 0 bridgehead atoms. The van der Waals surface area contributed by atoms with Crippen molar-refractivity contribution in [2.45, 2.75) is 32.2 Å². The summed E-state index contributed by atoms with van der Waals surface area (Å²) in [6.07, 6.45) is 5.70. The maximum Gasteiger partial charge on any atom is 0.371 e. The third-order valence-corrected chi connectivity index (χ3v) is 4.26. The number of carboxylic acids is 1. The zero-order valence-corrected chi connectivity index (χ0v) is 12.9. The number of carbonyl (C=O) groups is 2. The summed E-state index contributed by atoms with van der Waals surface area (Å²) in [6, 6.07) is 2.73. The summed E-state index contributed by atoms with van der Waals surface area (Å²) in [7, 11) is 0. The maximum absolute atomic E-state index is 12.4. The Hall–Kier alpha value is -2.57. The lowest BCUT2D eigenvalue weighted by Gasteiger charge is -2.31. The molecule has 1 aliphatic heterocycles. The molecule has 2 aromatic rings. The molecule has 1 aliphatic rings. The van der Waals surface area contributed by atoms with Crippen molar-refractivity contribution < 1.29 is 19.1 Å². The Morgan fingerprint density at radius 3 is 2.57 bits per heavy atom. The van der Waals surface area contributed by atoms with Crippen LogP contribution in [0.25, 0.3) is 0 Å². The number of amides is 1. The van der Waals surface area contributed by atoms with E-state index in [4.69, 9.17) is 9.52 Å². The molecule has 3 rings (SSSR count). The van der Waals surface area contributed by atoms with Crippen molar-refractivity contribution in [3.8, 4) is 0 Å². The molecule has 3 heterocycles. The van der Waals surface area contributed by atoms with E-state index in [2.05, 4.69) is 11.3 Å². The number of rotatable bonds is 4. The normalized spacial score (nSPS) is 15.8. The van der Waals surface area contributed by atoms with E-state index in [1.807, 2.05) is 17.8 Å². The monoisotopic (exact) mass is 317 g/mol. The van der Waals surface area contributed by atoms with Crippen LogP contribution in [0.5, 0.6) is 0 Å². The Bertz CT molecular complexity index is 710. The Morgan fingerprint density at radius 1 is 1.30 bits per heavy atom. The molecule has 0 aromatic carbocycles. The Kier molecular flexibility index (Phi) is 4.18. The summed E-state index contributed by atoms with van der Waals surface area (Å²) in [5.74, 6) is -1.14. The van der Waals surface area contributed by atoms with Crippen molar-refractivity contribution in [3.63, 3.8) is 0 Å². The second kappa shape index (κ2) is 6.28. The van der Waals surface area contributed by atoms with Crippen LogP contribution in [-0.4, -0.2) is 44.8 Å². The lowest BCUT2D eigenvalue weighted by Crippen LogP contribution is -2.37. The van der Waals surface area contributed by atoms with E-state index in [1.165, 1.54) is 17.7 Å². The molecule has 0 radical (unpaired) electrons. The van der Waals surface area contributed by atoms with Gasteiger partial charge in [-0.3, -0.25) is 9.48 Å². The van der Waals surface area contributed by atoms with Crippen molar-refractivity contribution in [2.75, 3.05) is 13.1 Å². The summed E-state index contributed by atoms with van der Waals surface area (Å²) in [6.45, 7) is 4.16. The predicted octanol–water partition coefficient (Wildman–Crippen LogP) is 2.21. The Morgan fingerprint density at radius 2 is 2.00 bits per heavy atom. The molecular weight excluding hydrogens is 298 g/mol. The van der Waals surface area contributed by atoms with Crippen molar-refractivity contribution >= 4 is 11.9 Å². The predicted molar refractivity (Wildman–Crippen MR) is 81.4 cm³/mol. The number of aryl methyl sites for hydroxylation is 1. The maximum atomic E-state index is 12.4. The molecule has 0 atom stereocenters. The number of hydrogen-bond donors (Lipinski definition) is 1. The van der Waals surface area contributed by atoms with E-state index in [0.717, 1.165) is 19.4 Å². The lowest BCUT2D eigenvalue weighted by molar-refractivity contribution is 0.0639. The first-order chi connectivity index (χ1) is 11.1. The van der Waals surface area contributed by atoms with E-state index in [-0.39, 0.29) is 17.4 Å². The summed E-state index contributed by atoms with van der Waals surface area (Å²) in [4.78, 5) is 24.9. The minimum atomic E-state index is -1.17. The third kappa shape index (κ3) is 3.13. The quantitative estimate of drug-likeness (QED) is 0.934. The summed E-state index contributed by atoms with van der Waals surface area (Å²) < 4.78 is 6.99. The van der Waals surface area contributed by atoms with Gasteiger partial charge in [0.15, 0.2) is 5.76 Å². The molecule has 1 fully saturated rings. The highest BCUT2D eigenvalue weighted by Gasteiger charge is 2.27. The third-order valence-electron chi connectivity index (χ3n) is 4.26. The van der Waals surface area contributed by atoms with E-state index < -0.39 is 5.97 Å². The first-order valence-corrected chi connectivity index (χ1v) is 7.73. The van der Waals surface area contributed by atoms with Gasteiger partial charge in [0.2, 0.25) is 5.76 Å². The molecule has 23 heavy (non-hydrogen) atoms. The van der Waals surface area contributed by atoms with Gasteiger partial charge in [-0.1, -0.05) is 0 Å². The number of aromatic nitrogens is 2. The van der Waals surface area contributed by atoms with Gasteiger partial charge < -0.3 is 14.4 Å². The van der Waals surface area contributed by atoms with Gasteiger partial charge in [-0.2, -0.15) is 5.10 Å². The SMILES string of the molecule is CCn1cc(C2CCN(C(=O)c3ccc(C(=O)O)o3)CC2)cn1. The highest BCUT2D eigenvalue weighted by atomic mass is 16.4. The van der Waals surface area contributed by atoms with Crippen LogP contribution < -0.4 is 0 Å². The summed E-state index contributed by atoms with van der Waals surface area (Å²) >= 11 is 0. The number of aromatic carboxylic acids is 1.